The molecule has 1 N–H and O–H groups in total. The number of nitrogens with zero attached hydrogens (tertiary/aromatic N) is 4. The smallest absolute Gasteiger partial charge is 0.339 e. The Morgan fingerprint density at radius 2 is 1.86 bits per heavy atom. The molecule has 1 fully saturated rings. The fraction of sp³-hybridized carbons (Fsp3) is 0.381. The normalized spacial score (nSPS) is 15.1. The van der Waals surface area contributed by atoms with Crippen molar-refractivity contribution < 1.29 is 4.79 Å². The van der Waals surface area contributed by atoms with Crippen LogP contribution in [0.3, 0.4) is 0 Å². The second kappa shape index (κ2) is 8.84. The summed E-state index contributed by atoms with van der Waals surface area (Å²) in [6.45, 7) is 6.50. The molecule has 0 atom stereocenters. The van der Waals surface area contributed by atoms with E-state index in [0.29, 0.717) is 17.5 Å². The third-order valence-electron chi connectivity index (χ3n) is 5.36. The van der Waals surface area contributed by atoms with Gasteiger partial charge in [0.15, 0.2) is 5.16 Å². The lowest BCUT2D eigenvalue weighted by Gasteiger charge is -2.35. The zero-order valence-corrected chi connectivity index (χ0v) is 17.3. The highest BCUT2D eigenvalue weighted by Crippen LogP contribution is 2.21. The monoisotopic (exact) mass is 411 g/mol. The first-order valence-electron chi connectivity index (χ1n) is 9.90. The van der Waals surface area contributed by atoms with E-state index in [1.807, 2.05) is 11.8 Å². The van der Waals surface area contributed by atoms with Crippen molar-refractivity contribution >= 4 is 28.4 Å². The van der Waals surface area contributed by atoms with Crippen molar-refractivity contribution in [1.82, 2.24) is 24.6 Å². The maximum absolute atomic E-state index is 12.6. The molecule has 152 valence electrons. The lowest BCUT2D eigenvalue weighted by molar-refractivity contribution is -0.130. The quantitative estimate of drug-likeness (QED) is 0.630. The maximum atomic E-state index is 12.6. The summed E-state index contributed by atoms with van der Waals surface area (Å²) in [5, 5.41) is 9.57. The number of benzene rings is 2. The minimum absolute atomic E-state index is 0.0953. The van der Waals surface area contributed by atoms with Gasteiger partial charge in [0.05, 0.1) is 5.75 Å². The molecular weight excluding hydrogens is 386 g/mol. The molecule has 1 aliphatic rings. The Labute approximate surface area is 173 Å². The molecule has 29 heavy (non-hydrogen) atoms. The van der Waals surface area contributed by atoms with Crippen LogP contribution in [0.15, 0.2) is 52.4 Å². The van der Waals surface area contributed by atoms with Gasteiger partial charge in [-0.05, 0) is 23.3 Å². The van der Waals surface area contributed by atoms with Gasteiger partial charge >= 0.3 is 5.69 Å². The molecule has 1 aliphatic heterocycles. The third-order valence-corrected chi connectivity index (χ3v) is 6.32. The van der Waals surface area contributed by atoms with Crippen molar-refractivity contribution in [2.45, 2.75) is 25.2 Å². The van der Waals surface area contributed by atoms with Crippen molar-refractivity contribution in [3.05, 3.63) is 58.5 Å². The van der Waals surface area contributed by atoms with Gasteiger partial charge in [0.1, 0.15) is 0 Å². The minimum Gasteiger partial charge on any atom is -0.339 e. The van der Waals surface area contributed by atoms with E-state index in [4.69, 9.17) is 0 Å². The summed E-state index contributed by atoms with van der Waals surface area (Å²) in [4.78, 5) is 28.5. The SMILES string of the molecule is CCn1c(SCC(=O)N2CCN(Cc3cccc4ccccc34)CC2)n[nH]c1=O. The van der Waals surface area contributed by atoms with Gasteiger partial charge < -0.3 is 4.90 Å². The highest BCUT2D eigenvalue weighted by atomic mass is 32.2. The fourth-order valence-electron chi connectivity index (χ4n) is 3.74. The van der Waals surface area contributed by atoms with Gasteiger partial charge in [-0.25, -0.2) is 9.89 Å². The van der Waals surface area contributed by atoms with E-state index in [1.165, 1.54) is 28.1 Å². The molecular formula is C21H25N5O2S. The number of nitrogens with one attached hydrogen (secondary N) is 1. The van der Waals surface area contributed by atoms with Gasteiger partial charge in [0.2, 0.25) is 5.91 Å². The number of thioether (sulfide) groups is 1. The Balaban J connectivity index is 1.31. The van der Waals surface area contributed by atoms with Crippen LogP contribution in [0.5, 0.6) is 0 Å². The van der Waals surface area contributed by atoms with Crippen molar-refractivity contribution in [3.8, 4) is 0 Å². The Kier molecular flexibility index (Phi) is 6.01. The first-order chi connectivity index (χ1) is 14.2. The molecule has 2 aromatic carbocycles. The molecule has 7 nitrogen and oxygen atoms in total. The highest BCUT2D eigenvalue weighted by Gasteiger charge is 2.22. The number of fused-ring (bicyclic) bond motifs is 1. The average Bonchev–Trinajstić information content (AvgIpc) is 3.12. The largest absolute Gasteiger partial charge is 0.343 e. The van der Waals surface area contributed by atoms with Gasteiger partial charge in [0, 0.05) is 39.3 Å². The Bertz CT molecular complexity index is 1050. The number of carbonyl (C=O) groups excluding carboxylic acids is 1. The van der Waals surface area contributed by atoms with Crippen molar-refractivity contribution in [3.63, 3.8) is 0 Å². The Morgan fingerprint density at radius 1 is 1.10 bits per heavy atom. The molecule has 0 radical (unpaired) electrons. The predicted octanol–water partition coefficient (Wildman–Crippen LogP) is 2.18. The molecule has 1 amide bonds. The number of carbonyl (C=O) groups is 1. The molecule has 0 unspecified atom stereocenters. The van der Waals surface area contributed by atoms with Crippen LogP contribution in [0.25, 0.3) is 10.8 Å². The number of H-pyrrole nitrogens is 1. The van der Waals surface area contributed by atoms with Crippen LogP contribution in [0.2, 0.25) is 0 Å². The first-order valence-corrected chi connectivity index (χ1v) is 10.9. The van der Waals surface area contributed by atoms with Crippen LogP contribution < -0.4 is 5.69 Å². The third kappa shape index (κ3) is 4.38. The summed E-state index contributed by atoms with van der Waals surface area (Å²) in [6, 6.07) is 14.9. The lowest BCUT2D eigenvalue weighted by Crippen LogP contribution is -2.48. The van der Waals surface area contributed by atoms with Crippen LogP contribution in [0.1, 0.15) is 12.5 Å². The fourth-order valence-corrected chi connectivity index (χ4v) is 4.65. The van der Waals surface area contributed by atoms with Crippen LogP contribution in [-0.4, -0.2) is 62.4 Å². The van der Waals surface area contributed by atoms with E-state index in [9.17, 15) is 9.59 Å². The van der Waals surface area contributed by atoms with E-state index in [1.54, 1.807) is 4.57 Å². The molecule has 0 bridgehead atoms. The first kappa shape index (κ1) is 19.7. The van der Waals surface area contributed by atoms with Crippen LogP contribution in [0, 0.1) is 0 Å². The summed E-state index contributed by atoms with van der Waals surface area (Å²) < 4.78 is 1.54. The zero-order valence-electron chi connectivity index (χ0n) is 16.5. The zero-order chi connectivity index (χ0) is 20.2. The van der Waals surface area contributed by atoms with E-state index in [0.717, 1.165) is 32.7 Å². The number of rotatable bonds is 6. The maximum Gasteiger partial charge on any atom is 0.343 e. The van der Waals surface area contributed by atoms with Crippen LogP contribution >= 0.6 is 11.8 Å². The van der Waals surface area contributed by atoms with Gasteiger partial charge in [-0.1, -0.05) is 54.2 Å². The second-order valence-corrected chi connectivity index (χ2v) is 8.08. The second-order valence-electron chi connectivity index (χ2n) is 7.14. The summed E-state index contributed by atoms with van der Waals surface area (Å²) in [5.41, 5.74) is 1.10. The van der Waals surface area contributed by atoms with Crippen LogP contribution in [-0.2, 0) is 17.9 Å². The average molecular weight is 412 g/mol. The number of hydrogen-bond donors (Lipinski definition) is 1. The van der Waals surface area contributed by atoms with E-state index >= 15 is 0 Å². The summed E-state index contributed by atoms with van der Waals surface area (Å²) in [5.74, 6) is 0.395. The van der Waals surface area contributed by atoms with E-state index < -0.39 is 0 Å². The molecule has 0 saturated carbocycles. The van der Waals surface area contributed by atoms with Gasteiger partial charge in [-0.2, -0.15) is 0 Å². The van der Waals surface area contributed by atoms with Crippen molar-refractivity contribution in [2.75, 3.05) is 31.9 Å². The summed E-state index contributed by atoms with van der Waals surface area (Å²) in [6.07, 6.45) is 0. The van der Waals surface area contributed by atoms with Gasteiger partial charge in [-0.3, -0.25) is 14.3 Å². The minimum atomic E-state index is -0.232. The number of piperazine rings is 1. The van der Waals surface area contributed by atoms with Gasteiger partial charge in [-0.15, -0.1) is 5.10 Å². The summed E-state index contributed by atoms with van der Waals surface area (Å²) >= 11 is 1.31. The molecule has 0 spiro atoms. The summed E-state index contributed by atoms with van der Waals surface area (Å²) in [7, 11) is 0. The molecule has 3 aromatic rings. The molecule has 4 rings (SSSR count). The van der Waals surface area contributed by atoms with Crippen LogP contribution in [0.4, 0.5) is 0 Å². The number of hydrogen-bond acceptors (Lipinski definition) is 5. The molecule has 1 saturated heterocycles. The Hall–Kier alpha value is -2.58. The van der Waals surface area contributed by atoms with Crippen molar-refractivity contribution in [2.24, 2.45) is 0 Å². The van der Waals surface area contributed by atoms with E-state index in [-0.39, 0.29) is 11.6 Å². The highest BCUT2D eigenvalue weighted by molar-refractivity contribution is 7.99. The number of amides is 1. The number of aromatic amines is 1. The molecule has 0 aliphatic carbocycles. The standard InChI is InChI=1S/C21H25N5O2S/c1-2-26-20(28)22-23-21(26)29-15-19(27)25-12-10-24(11-13-25)14-17-8-5-7-16-6-3-4-9-18(16)17/h3-9H,2,10-15H2,1H3,(H,22,28). The lowest BCUT2D eigenvalue weighted by atomic mass is 10.0. The topological polar surface area (TPSA) is 74.2 Å². The number of aromatic nitrogens is 3. The van der Waals surface area contributed by atoms with Crippen molar-refractivity contribution in [1.29, 1.82) is 0 Å². The molecule has 8 heteroatoms. The van der Waals surface area contributed by atoms with Gasteiger partial charge in [0.25, 0.3) is 0 Å². The molecule has 2 heterocycles. The Morgan fingerprint density at radius 3 is 2.66 bits per heavy atom. The van der Waals surface area contributed by atoms with E-state index in [2.05, 4.69) is 57.6 Å². The molecule has 1 aromatic heterocycles. The predicted molar refractivity (Wildman–Crippen MR) is 115 cm³/mol.